The van der Waals surface area contributed by atoms with Gasteiger partial charge in [0.15, 0.2) is 0 Å². The van der Waals surface area contributed by atoms with Crippen LogP contribution in [0.3, 0.4) is 0 Å². The van der Waals surface area contributed by atoms with E-state index < -0.39 is 13.2 Å². The molecule has 0 aliphatic heterocycles. The minimum atomic E-state index is -3.95. The van der Waals surface area contributed by atoms with Crippen molar-refractivity contribution in [2.45, 2.75) is 84.0 Å². The van der Waals surface area contributed by atoms with Crippen LogP contribution >= 0.6 is 7.82 Å². The van der Waals surface area contributed by atoms with Crippen LogP contribution in [0.1, 0.15) is 84.0 Å². The zero-order valence-corrected chi connectivity index (χ0v) is 23.1. The molecule has 214 valence electrons. The van der Waals surface area contributed by atoms with Crippen molar-refractivity contribution in [1.29, 1.82) is 5.26 Å². The van der Waals surface area contributed by atoms with Crippen LogP contribution in [-0.2, 0) is 32.5 Å². The van der Waals surface area contributed by atoms with E-state index in [9.17, 15) is 24.4 Å². The largest absolute Gasteiger partial charge is 0.474 e. The Morgan fingerprint density at radius 1 is 0.973 bits per heavy atom. The van der Waals surface area contributed by atoms with Crippen molar-refractivity contribution in [3.63, 3.8) is 0 Å². The quantitative estimate of drug-likeness (QED) is 0.110. The minimum Gasteiger partial charge on any atom is -0.466 e. The molecule has 1 amide bonds. The van der Waals surface area contributed by atoms with Gasteiger partial charge >= 0.3 is 13.8 Å². The van der Waals surface area contributed by atoms with E-state index in [0.717, 1.165) is 25.7 Å². The van der Waals surface area contributed by atoms with Gasteiger partial charge in [0.1, 0.15) is 0 Å². The summed E-state index contributed by atoms with van der Waals surface area (Å²) in [6, 6.07) is 1.88. The maximum atomic E-state index is 12.8. The van der Waals surface area contributed by atoms with Gasteiger partial charge in [0.05, 0.1) is 58.6 Å². The van der Waals surface area contributed by atoms with E-state index in [-0.39, 0.29) is 70.8 Å². The van der Waals surface area contributed by atoms with Gasteiger partial charge in [-0.15, -0.1) is 0 Å². The summed E-state index contributed by atoms with van der Waals surface area (Å²) >= 11 is 0. The summed E-state index contributed by atoms with van der Waals surface area (Å²) < 4.78 is 33.7. The number of nitriles is 1. The van der Waals surface area contributed by atoms with Crippen LogP contribution in [0.5, 0.6) is 0 Å². The molecule has 1 saturated carbocycles. The number of esters is 1. The number of phosphoric ester groups is 1. The van der Waals surface area contributed by atoms with Crippen molar-refractivity contribution in [1.82, 2.24) is 5.32 Å². The summed E-state index contributed by atoms with van der Waals surface area (Å²) in [6.07, 6.45) is 8.95. The van der Waals surface area contributed by atoms with Crippen molar-refractivity contribution in [2.75, 3.05) is 46.2 Å². The van der Waals surface area contributed by atoms with Gasteiger partial charge in [0.25, 0.3) is 0 Å². The third kappa shape index (κ3) is 16.1. The fourth-order valence-electron chi connectivity index (χ4n) is 3.64. The molecule has 1 aliphatic carbocycles. The van der Waals surface area contributed by atoms with Gasteiger partial charge in [-0.2, -0.15) is 5.26 Å². The number of rotatable bonds is 21. The molecule has 0 bridgehead atoms. The molecule has 1 unspecified atom stereocenters. The Bertz CT molecular complexity index is 734. The monoisotopic (exact) mass is 548 g/mol. The molecule has 0 radical (unpaired) electrons. The molecular weight excluding hydrogens is 503 g/mol. The third-order valence-corrected chi connectivity index (χ3v) is 7.66. The smallest absolute Gasteiger partial charge is 0.466 e. The summed E-state index contributed by atoms with van der Waals surface area (Å²) in [5.74, 6) is 0.0539. The molecule has 0 heterocycles. The molecular formula is C25H45N2O9P. The Kier molecular flexibility index (Phi) is 17.7. The van der Waals surface area contributed by atoms with Gasteiger partial charge in [-0.1, -0.05) is 32.6 Å². The first-order chi connectivity index (χ1) is 17.8. The number of carbonyl (C=O) groups excluding carboxylic acids is 2. The van der Waals surface area contributed by atoms with Gasteiger partial charge in [0, 0.05) is 18.4 Å². The van der Waals surface area contributed by atoms with Gasteiger partial charge < -0.3 is 20.3 Å². The van der Waals surface area contributed by atoms with Gasteiger partial charge in [0.2, 0.25) is 5.91 Å². The average Bonchev–Trinajstić information content (AvgIpc) is 2.91. The van der Waals surface area contributed by atoms with Gasteiger partial charge in [-0.05, 0) is 38.0 Å². The van der Waals surface area contributed by atoms with E-state index in [1.54, 1.807) is 6.92 Å². The minimum absolute atomic E-state index is 0.0117. The molecule has 0 aromatic rings. The Morgan fingerprint density at radius 3 is 2.27 bits per heavy atom. The predicted octanol–water partition coefficient (Wildman–Crippen LogP) is 3.63. The number of unbranched alkanes of at least 4 members (excludes halogenated alkanes) is 3. The number of carbonyl (C=O) groups is 2. The summed E-state index contributed by atoms with van der Waals surface area (Å²) in [4.78, 5) is 23.8. The molecule has 0 aromatic carbocycles. The van der Waals surface area contributed by atoms with Crippen LogP contribution in [0.4, 0.5) is 0 Å². The third-order valence-electron chi connectivity index (χ3n) is 6.22. The topological polar surface area (TPSA) is 164 Å². The van der Waals surface area contributed by atoms with Crippen molar-refractivity contribution in [2.24, 2.45) is 11.3 Å². The number of nitrogens with zero attached hydrogens (tertiary/aromatic N) is 1. The highest BCUT2D eigenvalue weighted by molar-refractivity contribution is 7.48. The molecule has 12 heteroatoms. The molecule has 0 aromatic heterocycles. The molecule has 0 spiro atoms. The van der Waals surface area contributed by atoms with E-state index in [2.05, 4.69) is 5.32 Å². The number of ether oxygens (including phenoxy) is 1. The van der Waals surface area contributed by atoms with E-state index in [1.165, 1.54) is 19.3 Å². The van der Waals surface area contributed by atoms with Crippen LogP contribution in [0.25, 0.3) is 0 Å². The molecule has 1 aliphatic rings. The lowest BCUT2D eigenvalue weighted by Gasteiger charge is -2.26. The Morgan fingerprint density at radius 2 is 1.62 bits per heavy atom. The number of nitrogens with one attached hydrogen (secondary N) is 1. The fourth-order valence-corrected chi connectivity index (χ4v) is 5.00. The van der Waals surface area contributed by atoms with Crippen LogP contribution in [0, 0.1) is 22.7 Å². The van der Waals surface area contributed by atoms with E-state index >= 15 is 0 Å². The number of aliphatic hydroxyl groups excluding tert-OH is 2. The maximum absolute atomic E-state index is 12.8. The molecule has 37 heavy (non-hydrogen) atoms. The number of hydrogen-bond acceptors (Lipinski definition) is 10. The zero-order chi connectivity index (χ0) is 27.4. The molecule has 0 saturated heterocycles. The number of hydrogen-bond donors (Lipinski definition) is 3. The van der Waals surface area contributed by atoms with Gasteiger partial charge in [-0.3, -0.25) is 23.2 Å². The molecule has 1 fully saturated rings. The summed E-state index contributed by atoms with van der Waals surface area (Å²) in [7, 11) is -3.95. The van der Waals surface area contributed by atoms with E-state index in [1.807, 2.05) is 6.07 Å². The van der Waals surface area contributed by atoms with Crippen LogP contribution in [-0.4, -0.2) is 68.3 Å². The van der Waals surface area contributed by atoms with Crippen molar-refractivity contribution < 1.29 is 42.7 Å². The number of phosphoric acid groups is 1. The second-order valence-corrected chi connectivity index (χ2v) is 11.5. The zero-order valence-electron chi connectivity index (χ0n) is 22.2. The van der Waals surface area contributed by atoms with E-state index in [0.29, 0.717) is 25.3 Å². The van der Waals surface area contributed by atoms with Gasteiger partial charge in [-0.25, -0.2) is 4.57 Å². The first kappa shape index (κ1) is 33.5. The number of aliphatic hydroxyl groups is 2. The Labute approximate surface area is 220 Å². The second-order valence-electron chi connectivity index (χ2n) is 9.86. The van der Waals surface area contributed by atoms with Crippen LogP contribution in [0.2, 0.25) is 0 Å². The molecule has 1 rings (SSSR count). The number of amides is 1. The summed E-state index contributed by atoms with van der Waals surface area (Å²) in [5.41, 5.74) is -1.01. The van der Waals surface area contributed by atoms with Crippen LogP contribution < -0.4 is 5.32 Å². The predicted molar refractivity (Wildman–Crippen MR) is 136 cm³/mol. The Hall–Kier alpha value is -1.54. The maximum Gasteiger partial charge on any atom is 0.474 e. The fraction of sp³-hybridized carbons (Fsp3) is 0.880. The highest BCUT2D eigenvalue weighted by atomic mass is 31.2. The standard InChI is InChI=1S/C25H45N2O9P/c1-25(19-28,20-29)21-36-37(32,35-17-9-14-26)34-16-8-3-2-7-15-33-24(31)13-12-23(30)27-18-22-10-5-4-6-11-22/h22,28-29H,2-13,15-21H2,1H3,(H,27,30). The Balaban J connectivity index is 2.14. The average molecular weight is 549 g/mol. The first-order valence-electron chi connectivity index (χ1n) is 13.3. The molecule has 11 nitrogen and oxygen atoms in total. The molecule has 1 atom stereocenters. The lowest BCUT2D eigenvalue weighted by atomic mass is 9.89. The second kappa shape index (κ2) is 19.5. The molecule has 3 N–H and O–H groups in total. The van der Waals surface area contributed by atoms with E-state index in [4.69, 9.17) is 23.6 Å². The first-order valence-corrected chi connectivity index (χ1v) is 14.8. The lowest BCUT2D eigenvalue weighted by Crippen LogP contribution is -2.31. The van der Waals surface area contributed by atoms with Crippen molar-refractivity contribution in [3.8, 4) is 6.07 Å². The van der Waals surface area contributed by atoms with Crippen molar-refractivity contribution in [3.05, 3.63) is 0 Å². The lowest BCUT2D eigenvalue weighted by molar-refractivity contribution is -0.145. The highest BCUT2D eigenvalue weighted by Gasteiger charge is 2.32. The normalized spacial score (nSPS) is 16.1. The van der Waals surface area contributed by atoms with Crippen molar-refractivity contribution >= 4 is 19.7 Å². The SMILES string of the molecule is CC(CO)(CO)COP(=O)(OCCC#N)OCCCCCCOC(=O)CCC(=O)NCC1CCCCC1. The summed E-state index contributed by atoms with van der Waals surface area (Å²) in [5, 5.41) is 30.3. The summed E-state index contributed by atoms with van der Waals surface area (Å²) in [6.45, 7) is 1.49. The highest BCUT2D eigenvalue weighted by Crippen LogP contribution is 2.50. The van der Waals surface area contributed by atoms with Crippen LogP contribution in [0.15, 0.2) is 0 Å².